The first-order valence-corrected chi connectivity index (χ1v) is 5.06. The Bertz CT molecular complexity index is 267. The Labute approximate surface area is 81.6 Å². The maximum absolute atomic E-state index is 9.02. The van der Waals surface area contributed by atoms with E-state index in [4.69, 9.17) is 10.8 Å². The van der Waals surface area contributed by atoms with Crippen molar-refractivity contribution in [3.63, 3.8) is 0 Å². The maximum Gasteiger partial charge on any atom is 0.156 e. The fourth-order valence-corrected chi connectivity index (χ4v) is 1.76. The van der Waals surface area contributed by atoms with Crippen LogP contribution < -0.4 is 5.73 Å². The van der Waals surface area contributed by atoms with Crippen molar-refractivity contribution in [1.29, 1.82) is 0 Å². The highest BCUT2D eigenvalue weighted by molar-refractivity contribution is 7.99. The highest BCUT2D eigenvalue weighted by Gasteiger charge is 2.02. The number of nitrogens with two attached hydrogens (primary N) is 1. The van der Waals surface area contributed by atoms with Crippen LogP contribution in [-0.2, 0) is 0 Å². The number of nitrogen functional groups attached to an aromatic ring is 1. The van der Waals surface area contributed by atoms with Crippen molar-refractivity contribution in [2.24, 2.45) is 0 Å². The first kappa shape index (κ1) is 10.3. The topological polar surface area (TPSA) is 72.0 Å². The van der Waals surface area contributed by atoms with E-state index < -0.39 is 0 Å². The van der Waals surface area contributed by atoms with Crippen molar-refractivity contribution in [1.82, 2.24) is 9.97 Å². The Balaban J connectivity index is 2.41. The van der Waals surface area contributed by atoms with Gasteiger partial charge in [0, 0.05) is 18.1 Å². The van der Waals surface area contributed by atoms with Gasteiger partial charge in [-0.3, -0.25) is 0 Å². The number of hydrogen-bond acceptors (Lipinski definition) is 5. The lowest BCUT2D eigenvalue weighted by Gasteiger charge is -2.04. The second kappa shape index (κ2) is 5.04. The molecule has 1 aromatic heterocycles. The third-order valence-electron chi connectivity index (χ3n) is 1.47. The molecule has 0 aliphatic heterocycles. The predicted octanol–water partition coefficient (Wildman–Crippen LogP) is 0.922. The Kier molecular flexibility index (Phi) is 3.98. The second-order valence-electron chi connectivity index (χ2n) is 2.73. The van der Waals surface area contributed by atoms with E-state index in [0.29, 0.717) is 5.82 Å². The molecule has 0 aliphatic carbocycles. The van der Waals surface area contributed by atoms with Gasteiger partial charge >= 0.3 is 0 Å². The number of anilines is 1. The number of thioether (sulfide) groups is 1. The number of aromatic nitrogens is 2. The number of aliphatic hydroxyl groups excluding tert-OH is 1. The molecule has 5 heteroatoms. The molecular formula is C8H13N3OS. The van der Waals surface area contributed by atoms with Gasteiger partial charge < -0.3 is 10.8 Å². The molecule has 1 atom stereocenters. The maximum atomic E-state index is 9.02. The van der Waals surface area contributed by atoms with Gasteiger partial charge in [-0.2, -0.15) is 0 Å². The van der Waals surface area contributed by atoms with Gasteiger partial charge in [-0.1, -0.05) is 0 Å². The van der Waals surface area contributed by atoms with E-state index in [1.807, 2.05) is 0 Å². The van der Waals surface area contributed by atoms with Gasteiger partial charge in [0.2, 0.25) is 0 Å². The van der Waals surface area contributed by atoms with E-state index in [1.54, 1.807) is 19.3 Å². The standard InChI is InChI=1S/C8H13N3OS/c1-6(12)2-5-13-8-7(9)10-3-4-11-8/h3-4,6,12H,2,5H2,1H3,(H2,9,10). The lowest BCUT2D eigenvalue weighted by atomic mass is 10.3. The summed E-state index contributed by atoms with van der Waals surface area (Å²) in [7, 11) is 0. The van der Waals surface area contributed by atoms with Crippen LogP contribution in [0.25, 0.3) is 0 Å². The zero-order valence-electron chi connectivity index (χ0n) is 7.47. The lowest BCUT2D eigenvalue weighted by molar-refractivity contribution is 0.192. The van der Waals surface area contributed by atoms with Crippen LogP contribution in [0.4, 0.5) is 5.82 Å². The van der Waals surface area contributed by atoms with E-state index in [1.165, 1.54) is 11.8 Å². The molecule has 3 N–H and O–H groups in total. The molecule has 4 nitrogen and oxygen atoms in total. The van der Waals surface area contributed by atoms with E-state index in [-0.39, 0.29) is 6.10 Å². The summed E-state index contributed by atoms with van der Waals surface area (Å²) in [6, 6.07) is 0. The molecule has 0 radical (unpaired) electrons. The average Bonchev–Trinajstić information content (AvgIpc) is 2.08. The van der Waals surface area contributed by atoms with Crippen LogP contribution in [0.15, 0.2) is 17.4 Å². The Morgan fingerprint density at radius 3 is 2.85 bits per heavy atom. The molecule has 0 saturated carbocycles. The van der Waals surface area contributed by atoms with Gasteiger partial charge in [-0.25, -0.2) is 9.97 Å². The smallest absolute Gasteiger partial charge is 0.156 e. The zero-order chi connectivity index (χ0) is 9.68. The van der Waals surface area contributed by atoms with Crippen LogP contribution in [0.2, 0.25) is 0 Å². The van der Waals surface area contributed by atoms with Crippen molar-refractivity contribution >= 4 is 17.6 Å². The van der Waals surface area contributed by atoms with Crippen LogP contribution in [0.1, 0.15) is 13.3 Å². The van der Waals surface area contributed by atoms with E-state index in [2.05, 4.69) is 9.97 Å². The minimum Gasteiger partial charge on any atom is -0.393 e. The van der Waals surface area contributed by atoms with Gasteiger partial charge in [-0.15, -0.1) is 11.8 Å². The highest BCUT2D eigenvalue weighted by atomic mass is 32.2. The third kappa shape index (κ3) is 3.61. The summed E-state index contributed by atoms with van der Waals surface area (Å²) in [5, 5.41) is 9.76. The largest absolute Gasteiger partial charge is 0.393 e. The SMILES string of the molecule is CC(O)CCSc1nccnc1N. The molecule has 0 aromatic carbocycles. The fraction of sp³-hybridized carbons (Fsp3) is 0.500. The molecule has 0 spiro atoms. The van der Waals surface area contributed by atoms with Gasteiger partial charge in [-0.05, 0) is 13.3 Å². The molecule has 1 aromatic rings. The molecule has 0 bridgehead atoms. The molecule has 0 amide bonds. The van der Waals surface area contributed by atoms with Gasteiger partial charge in [0.15, 0.2) is 5.82 Å². The van der Waals surface area contributed by atoms with Gasteiger partial charge in [0.05, 0.1) is 6.10 Å². The summed E-state index contributed by atoms with van der Waals surface area (Å²) in [5.74, 6) is 1.26. The number of nitrogens with zero attached hydrogens (tertiary/aromatic N) is 2. The van der Waals surface area contributed by atoms with Crippen molar-refractivity contribution < 1.29 is 5.11 Å². The van der Waals surface area contributed by atoms with Crippen molar-refractivity contribution in [2.45, 2.75) is 24.5 Å². The number of hydrogen-bond donors (Lipinski definition) is 2. The van der Waals surface area contributed by atoms with Crippen LogP contribution in [0.5, 0.6) is 0 Å². The first-order chi connectivity index (χ1) is 6.20. The van der Waals surface area contributed by atoms with E-state index in [0.717, 1.165) is 17.2 Å². The number of rotatable bonds is 4. The van der Waals surface area contributed by atoms with Crippen LogP contribution in [-0.4, -0.2) is 26.9 Å². The molecule has 1 heterocycles. The second-order valence-corrected chi connectivity index (χ2v) is 3.82. The molecule has 0 aliphatic rings. The van der Waals surface area contributed by atoms with Crippen molar-refractivity contribution in [3.05, 3.63) is 12.4 Å². The third-order valence-corrected chi connectivity index (χ3v) is 2.49. The quantitative estimate of drug-likeness (QED) is 0.705. The summed E-state index contributed by atoms with van der Waals surface area (Å²) in [4.78, 5) is 7.98. The number of aliphatic hydroxyl groups is 1. The lowest BCUT2D eigenvalue weighted by Crippen LogP contribution is -2.01. The van der Waals surface area contributed by atoms with Gasteiger partial charge in [0.1, 0.15) is 5.03 Å². The minimum absolute atomic E-state index is 0.273. The minimum atomic E-state index is -0.273. The van der Waals surface area contributed by atoms with Crippen molar-refractivity contribution in [3.8, 4) is 0 Å². The summed E-state index contributed by atoms with van der Waals surface area (Å²) < 4.78 is 0. The molecule has 13 heavy (non-hydrogen) atoms. The average molecular weight is 199 g/mol. The van der Waals surface area contributed by atoms with Crippen LogP contribution in [0, 0.1) is 0 Å². The highest BCUT2D eigenvalue weighted by Crippen LogP contribution is 2.20. The summed E-state index contributed by atoms with van der Waals surface area (Å²) >= 11 is 1.52. The van der Waals surface area contributed by atoms with Crippen LogP contribution >= 0.6 is 11.8 Å². The molecule has 0 saturated heterocycles. The predicted molar refractivity (Wildman–Crippen MR) is 53.5 cm³/mol. The molecule has 0 fully saturated rings. The Hall–Kier alpha value is -0.810. The Morgan fingerprint density at radius 2 is 2.23 bits per heavy atom. The Morgan fingerprint density at radius 1 is 1.54 bits per heavy atom. The molecule has 1 unspecified atom stereocenters. The fourth-order valence-electron chi connectivity index (χ4n) is 0.773. The molecular weight excluding hydrogens is 186 g/mol. The first-order valence-electron chi connectivity index (χ1n) is 4.07. The van der Waals surface area contributed by atoms with E-state index in [9.17, 15) is 0 Å². The molecule has 72 valence electrons. The summed E-state index contributed by atoms with van der Waals surface area (Å²) in [6.45, 7) is 1.76. The van der Waals surface area contributed by atoms with Gasteiger partial charge in [0.25, 0.3) is 0 Å². The molecule has 1 rings (SSSR count). The monoisotopic (exact) mass is 199 g/mol. The normalized spacial score (nSPS) is 12.8. The summed E-state index contributed by atoms with van der Waals surface area (Å²) in [5.41, 5.74) is 5.58. The van der Waals surface area contributed by atoms with Crippen molar-refractivity contribution in [2.75, 3.05) is 11.5 Å². The zero-order valence-corrected chi connectivity index (χ0v) is 8.29. The van der Waals surface area contributed by atoms with E-state index >= 15 is 0 Å². The van der Waals surface area contributed by atoms with Crippen LogP contribution in [0.3, 0.4) is 0 Å². The summed E-state index contributed by atoms with van der Waals surface area (Å²) in [6.07, 6.45) is 3.64.